The maximum absolute atomic E-state index is 17.6. The smallest absolute Gasteiger partial charge is 0.193 e. The predicted octanol–water partition coefficient (Wildman–Crippen LogP) is 5.66. The normalized spacial score (nSPS) is 40.8. The lowest BCUT2D eigenvalue weighted by Crippen LogP contribution is -2.70. The molecule has 1 heterocycles. The number of anilines is 1. The number of fused-ring (bicyclic) bond motifs is 7. The van der Waals surface area contributed by atoms with Crippen LogP contribution in [0.3, 0.4) is 0 Å². The van der Waals surface area contributed by atoms with Gasteiger partial charge in [-0.1, -0.05) is 43.3 Å². The number of ether oxygens (including phenoxy) is 2. The summed E-state index contributed by atoms with van der Waals surface area (Å²) in [7, 11) is 1.88. The highest BCUT2D eigenvalue weighted by Gasteiger charge is 2.80. The highest BCUT2D eigenvalue weighted by molar-refractivity contribution is 7.98. The summed E-state index contributed by atoms with van der Waals surface area (Å²) in [6, 6.07) is 15.9. The minimum Gasteiger partial charge on any atom is -0.390 e. The fraction of sp³-hybridized carbons (Fsp3) is 0.500. The van der Waals surface area contributed by atoms with Crippen molar-refractivity contribution in [2.24, 2.45) is 22.7 Å². The van der Waals surface area contributed by atoms with E-state index in [-0.39, 0.29) is 24.8 Å². The van der Waals surface area contributed by atoms with Crippen LogP contribution in [0.5, 0.6) is 0 Å². The van der Waals surface area contributed by atoms with E-state index >= 15 is 8.78 Å². The highest BCUT2D eigenvalue weighted by Crippen LogP contribution is 2.72. The van der Waals surface area contributed by atoms with Crippen LogP contribution in [0, 0.1) is 22.7 Å². The van der Waals surface area contributed by atoms with Crippen LogP contribution in [0.25, 0.3) is 0 Å². The van der Waals surface area contributed by atoms with E-state index in [1.165, 1.54) is 12.2 Å². The summed E-state index contributed by atoms with van der Waals surface area (Å²) in [6.45, 7) is 2.51. The quantitative estimate of drug-likeness (QED) is 0.330. The monoisotopic (exact) mass is 651 g/mol. The van der Waals surface area contributed by atoms with Crippen molar-refractivity contribution in [2.45, 2.75) is 79.7 Å². The molecule has 10 atom stereocenters. The molecule has 0 amide bonds. The van der Waals surface area contributed by atoms with Gasteiger partial charge in [0.2, 0.25) is 0 Å². The number of benzene rings is 2. The molecule has 3 N–H and O–H groups in total. The largest absolute Gasteiger partial charge is 0.390 e. The van der Waals surface area contributed by atoms with Gasteiger partial charge in [-0.15, -0.1) is 11.8 Å². The summed E-state index contributed by atoms with van der Waals surface area (Å²) in [6.07, 6.45) is -1.34. The standard InChI is InChI=1S/C36H39F2NO6S/c1-33-12-11-23(41)14-27(33)28(37)15-26-25-16-31-36(30(43)18-40,34(25,2)17-29(42)35(26,33)38)45-32(44-31)21-9-7-20(8-10-21)19-46-24-6-4-5-22(13-24)39-3/h4-14,25-26,28-29,31-32,39-40,42H,15-19H2,1-3H3/t25-,26-,28-,29-,31+,32+,33-,34-,35-,36+/m0/s1. The third kappa shape index (κ3) is 4.29. The first-order valence-electron chi connectivity index (χ1n) is 15.8. The molecule has 5 aliphatic rings. The van der Waals surface area contributed by atoms with Crippen LogP contribution in [0.15, 0.2) is 77.2 Å². The van der Waals surface area contributed by atoms with Crippen molar-refractivity contribution in [3.05, 3.63) is 83.5 Å². The van der Waals surface area contributed by atoms with Crippen molar-refractivity contribution in [3.63, 3.8) is 0 Å². The molecule has 4 aliphatic carbocycles. The van der Waals surface area contributed by atoms with Gasteiger partial charge in [-0.25, -0.2) is 8.78 Å². The van der Waals surface area contributed by atoms with Gasteiger partial charge < -0.3 is 25.0 Å². The minimum absolute atomic E-state index is 0.0432. The number of carbonyl (C=O) groups excluding carboxylic acids is 2. The zero-order chi connectivity index (χ0) is 32.6. The lowest BCUT2D eigenvalue weighted by atomic mass is 9.44. The van der Waals surface area contributed by atoms with Crippen LogP contribution in [-0.4, -0.2) is 65.1 Å². The number of hydrogen-bond acceptors (Lipinski definition) is 8. The van der Waals surface area contributed by atoms with Gasteiger partial charge in [-0.3, -0.25) is 9.59 Å². The number of ketones is 2. The summed E-state index contributed by atoms with van der Waals surface area (Å²) in [5.41, 5.74) is -3.77. The van der Waals surface area contributed by atoms with E-state index in [2.05, 4.69) is 17.4 Å². The van der Waals surface area contributed by atoms with Crippen molar-refractivity contribution in [1.29, 1.82) is 0 Å². The van der Waals surface area contributed by atoms with Crippen molar-refractivity contribution in [3.8, 4) is 0 Å². The van der Waals surface area contributed by atoms with Gasteiger partial charge in [0.1, 0.15) is 12.8 Å². The average molecular weight is 652 g/mol. The molecule has 244 valence electrons. The number of alkyl halides is 2. The third-order valence-electron chi connectivity index (χ3n) is 11.7. The van der Waals surface area contributed by atoms with Gasteiger partial charge in [-0.05, 0) is 73.6 Å². The van der Waals surface area contributed by atoms with Crippen molar-refractivity contribution < 1.29 is 38.1 Å². The molecule has 10 heteroatoms. The number of allylic oxidation sites excluding steroid dienone is 4. The summed E-state index contributed by atoms with van der Waals surface area (Å²) >= 11 is 1.71. The second-order valence-electron chi connectivity index (χ2n) is 13.8. The van der Waals surface area contributed by atoms with Gasteiger partial charge >= 0.3 is 0 Å². The molecule has 0 unspecified atom stereocenters. The SMILES string of the molecule is CNc1cccc(SCc2ccc([C@@H]3O[C@@H]4C[C@H]5[C@@H]6C[C@H](F)C7=CC(=O)C=C[C@]7(C)[C@@]6(F)[C@@H](O)C[C@]5(C)[C@]4(C(=O)CO)O3)cc2)c1. The molecule has 1 aliphatic heterocycles. The Balaban J connectivity index is 1.16. The molecule has 2 aromatic carbocycles. The highest BCUT2D eigenvalue weighted by atomic mass is 32.2. The van der Waals surface area contributed by atoms with Crippen LogP contribution in [0.4, 0.5) is 14.5 Å². The Morgan fingerprint density at radius 2 is 1.89 bits per heavy atom. The molecule has 7 nitrogen and oxygen atoms in total. The van der Waals surface area contributed by atoms with E-state index in [0.717, 1.165) is 28.0 Å². The fourth-order valence-electron chi connectivity index (χ4n) is 9.39. The van der Waals surface area contributed by atoms with E-state index in [0.29, 0.717) is 5.56 Å². The van der Waals surface area contributed by atoms with Crippen LogP contribution in [0.2, 0.25) is 0 Å². The number of aliphatic hydroxyl groups excluding tert-OH is 2. The lowest BCUT2D eigenvalue weighted by Gasteiger charge is -2.63. The predicted molar refractivity (Wildman–Crippen MR) is 170 cm³/mol. The maximum Gasteiger partial charge on any atom is 0.193 e. The zero-order valence-electron chi connectivity index (χ0n) is 26.0. The molecule has 4 fully saturated rings. The van der Waals surface area contributed by atoms with Gasteiger partial charge in [0.05, 0.1) is 12.2 Å². The molecule has 0 aromatic heterocycles. The van der Waals surface area contributed by atoms with Crippen LogP contribution < -0.4 is 5.32 Å². The topological polar surface area (TPSA) is 105 Å². The molecule has 0 spiro atoms. The number of thioether (sulfide) groups is 1. The van der Waals surface area contributed by atoms with Crippen molar-refractivity contribution in [2.75, 3.05) is 19.0 Å². The Morgan fingerprint density at radius 1 is 1.13 bits per heavy atom. The van der Waals surface area contributed by atoms with Gasteiger partial charge in [0, 0.05) is 45.7 Å². The number of aliphatic hydroxyl groups is 2. The second kappa shape index (κ2) is 11.1. The zero-order valence-corrected chi connectivity index (χ0v) is 26.9. The summed E-state index contributed by atoms with van der Waals surface area (Å²) < 4.78 is 46.4. The van der Waals surface area contributed by atoms with Gasteiger partial charge in [0.25, 0.3) is 0 Å². The summed E-state index contributed by atoms with van der Waals surface area (Å²) in [5.74, 6) is -1.84. The van der Waals surface area contributed by atoms with Crippen LogP contribution in [0.1, 0.15) is 50.5 Å². The average Bonchev–Trinajstić information content (AvgIpc) is 3.55. The third-order valence-corrected chi connectivity index (χ3v) is 12.8. The Labute approximate surface area is 271 Å². The Morgan fingerprint density at radius 3 is 2.61 bits per heavy atom. The molecular formula is C36H39F2NO6S. The van der Waals surface area contributed by atoms with E-state index < -0.39 is 76.8 Å². The van der Waals surface area contributed by atoms with E-state index in [9.17, 15) is 19.8 Å². The Bertz CT molecular complexity index is 1630. The Kier molecular flexibility index (Phi) is 7.64. The van der Waals surface area contributed by atoms with Crippen molar-refractivity contribution in [1.82, 2.24) is 0 Å². The Hall–Kier alpha value is -2.89. The summed E-state index contributed by atoms with van der Waals surface area (Å²) in [4.78, 5) is 27.0. The molecule has 1 saturated heterocycles. The molecule has 3 saturated carbocycles. The summed E-state index contributed by atoms with van der Waals surface area (Å²) in [5, 5.41) is 25.0. The second-order valence-corrected chi connectivity index (χ2v) is 14.8. The first-order chi connectivity index (χ1) is 21.9. The van der Waals surface area contributed by atoms with Gasteiger partial charge in [-0.2, -0.15) is 0 Å². The first kappa shape index (κ1) is 31.7. The lowest BCUT2D eigenvalue weighted by molar-refractivity contribution is -0.235. The minimum atomic E-state index is -2.29. The van der Waals surface area contributed by atoms with E-state index in [1.807, 2.05) is 43.4 Å². The molecular weight excluding hydrogens is 612 g/mol. The number of Topliss-reactive ketones (excluding diaryl/α,β-unsaturated/α-hetero) is 1. The van der Waals surface area contributed by atoms with Gasteiger partial charge in [0.15, 0.2) is 29.1 Å². The van der Waals surface area contributed by atoms with Crippen LogP contribution in [-0.2, 0) is 24.8 Å². The maximum atomic E-state index is 17.6. The van der Waals surface area contributed by atoms with E-state index in [4.69, 9.17) is 9.47 Å². The first-order valence-corrected chi connectivity index (χ1v) is 16.8. The number of halogens is 2. The number of rotatable bonds is 7. The van der Waals surface area contributed by atoms with Crippen molar-refractivity contribution >= 4 is 29.0 Å². The molecule has 2 aromatic rings. The number of carbonyl (C=O) groups is 2. The molecule has 7 rings (SSSR count). The number of hydrogen-bond donors (Lipinski definition) is 3. The molecule has 46 heavy (non-hydrogen) atoms. The van der Waals surface area contributed by atoms with E-state index in [1.54, 1.807) is 25.6 Å². The van der Waals surface area contributed by atoms with Crippen LogP contribution >= 0.6 is 11.8 Å². The number of nitrogens with one attached hydrogen (secondary N) is 1. The molecule has 0 bridgehead atoms. The fourth-order valence-corrected chi connectivity index (χ4v) is 10.3. The molecule has 0 radical (unpaired) electrons.